The highest BCUT2D eigenvalue weighted by Gasteiger charge is 2.55. The summed E-state index contributed by atoms with van der Waals surface area (Å²) in [5.74, 6) is -1.55. The number of aromatic nitrogens is 3. The molecule has 1 aromatic heterocycles. The molecule has 1 aliphatic rings. The summed E-state index contributed by atoms with van der Waals surface area (Å²) in [5.41, 5.74) is -4.08. The monoisotopic (exact) mass is 445 g/mol. The van der Waals surface area contributed by atoms with Crippen molar-refractivity contribution in [2.45, 2.75) is 30.1 Å². The first-order valence-electron chi connectivity index (χ1n) is 7.53. The Balaban J connectivity index is 1.93. The van der Waals surface area contributed by atoms with Gasteiger partial charge in [0.2, 0.25) is 0 Å². The van der Waals surface area contributed by atoms with Crippen LogP contribution in [-0.2, 0) is 20.0 Å². The largest absolute Gasteiger partial charge is 0.401 e. The molecule has 3 unspecified atom stereocenters. The maximum atomic E-state index is 13.4. The van der Waals surface area contributed by atoms with E-state index in [2.05, 4.69) is 19.9 Å². The zero-order valence-corrected chi connectivity index (χ0v) is 16.0. The zero-order chi connectivity index (χ0) is 19.9. The number of aromatic amines is 1. The summed E-state index contributed by atoms with van der Waals surface area (Å²) in [6, 6.07) is 4.56. The van der Waals surface area contributed by atoms with Crippen LogP contribution < -0.4 is 0 Å². The van der Waals surface area contributed by atoms with Crippen molar-refractivity contribution in [2.24, 2.45) is 0 Å². The van der Waals surface area contributed by atoms with Crippen LogP contribution in [0.2, 0.25) is 10.0 Å². The van der Waals surface area contributed by atoms with Crippen molar-refractivity contribution in [1.82, 2.24) is 15.2 Å². The van der Waals surface area contributed by atoms with E-state index in [9.17, 15) is 13.2 Å². The summed E-state index contributed by atoms with van der Waals surface area (Å²) in [6.45, 7) is 0.544. The molecule has 2 aromatic rings. The van der Waals surface area contributed by atoms with Gasteiger partial charge in [0.05, 0.1) is 18.2 Å². The number of alkyl halides is 4. The van der Waals surface area contributed by atoms with Gasteiger partial charge in [0.1, 0.15) is 11.9 Å². The molecule has 3 rings (SSSR count). The van der Waals surface area contributed by atoms with Gasteiger partial charge in [-0.1, -0.05) is 40.9 Å². The van der Waals surface area contributed by atoms with E-state index in [1.54, 1.807) is 12.1 Å². The number of benzene rings is 1. The van der Waals surface area contributed by atoms with Crippen molar-refractivity contribution in [3.8, 4) is 0 Å². The van der Waals surface area contributed by atoms with E-state index in [-0.39, 0.29) is 17.5 Å². The fourth-order valence-electron chi connectivity index (χ4n) is 2.54. The van der Waals surface area contributed by atoms with Crippen LogP contribution >= 0.6 is 34.8 Å². The lowest BCUT2D eigenvalue weighted by molar-refractivity contribution is -0.280. The van der Waals surface area contributed by atoms with Crippen molar-refractivity contribution in [2.75, 3.05) is 13.2 Å². The minimum Gasteiger partial charge on any atom is -0.337 e. The molecule has 0 radical (unpaired) electrons. The summed E-state index contributed by atoms with van der Waals surface area (Å²) in [5, 5.41) is 6.94. The second kappa shape index (κ2) is 7.38. The third kappa shape index (κ3) is 4.03. The van der Waals surface area contributed by atoms with Crippen LogP contribution in [0.4, 0.5) is 13.2 Å². The molecule has 0 amide bonds. The Labute approximate surface area is 166 Å². The van der Waals surface area contributed by atoms with E-state index >= 15 is 0 Å². The van der Waals surface area contributed by atoms with Crippen LogP contribution in [0.15, 0.2) is 24.5 Å². The van der Waals surface area contributed by atoms with E-state index in [1.807, 2.05) is 0 Å². The third-order valence-electron chi connectivity index (χ3n) is 3.81. The molecule has 1 fully saturated rings. The average molecular weight is 447 g/mol. The molecule has 0 bridgehead atoms. The fourth-order valence-corrected chi connectivity index (χ4v) is 3.14. The molecular weight excluding hydrogens is 434 g/mol. The van der Waals surface area contributed by atoms with Crippen LogP contribution in [-0.4, -0.2) is 45.7 Å². The molecule has 1 saturated heterocycles. The Morgan fingerprint density at radius 1 is 1.41 bits per heavy atom. The number of rotatable bonds is 6. The number of halogens is 6. The van der Waals surface area contributed by atoms with Crippen LogP contribution in [0.5, 0.6) is 0 Å². The van der Waals surface area contributed by atoms with Gasteiger partial charge in [0, 0.05) is 10.6 Å². The first-order chi connectivity index (χ1) is 12.6. The standard InChI is InChI=1S/C15H13Cl3F3N3O3/c1-13(6-26-15(20,21)11(18)19)5-25-14(27-13,12-22-7-23-24-12)9-3-2-8(16)4-10(9)17/h2-4,7,11H,5-6H2,1H3,(H,22,23,24). The zero-order valence-electron chi connectivity index (χ0n) is 13.7. The maximum Gasteiger partial charge on any atom is 0.401 e. The fraction of sp³-hybridized carbons (Fsp3) is 0.467. The van der Waals surface area contributed by atoms with Gasteiger partial charge in [-0.05, 0) is 19.1 Å². The first-order valence-corrected chi connectivity index (χ1v) is 8.73. The molecule has 0 spiro atoms. The molecule has 1 aromatic carbocycles. The van der Waals surface area contributed by atoms with E-state index in [0.29, 0.717) is 10.6 Å². The topological polar surface area (TPSA) is 69.3 Å². The smallest absolute Gasteiger partial charge is 0.337 e. The Morgan fingerprint density at radius 2 is 2.15 bits per heavy atom. The molecule has 0 saturated carbocycles. The molecule has 12 heteroatoms. The van der Waals surface area contributed by atoms with Crippen molar-refractivity contribution >= 4 is 34.8 Å². The first kappa shape index (κ1) is 20.6. The molecule has 27 heavy (non-hydrogen) atoms. The lowest BCUT2D eigenvalue weighted by atomic mass is 10.0. The second-order valence-electron chi connectivity index (χ2n) is 6.07. The Bertz CT molecular complexity index is 812. The number of H-pyrrole nitrogens is 1. The molecule has 148 valence electrons. The lowest BCUT2D eigenvalue weighted by Gasteiger charge is -2.30. The Kier molecular flexibility index (Phi) is 5.64. The van der Waals surface area contributed by atoms with E-state index in [4.69, 9.17) is 44.3 Å². The molecule has 2 heterocycles. The molecule has 0 aliphatic carbocycles. The van der Waals surface area contributed by atoms with Gasteiger partial charge < -0.3 is 14.2 Å². The summed E-state index contributed by atoms with van der Waals surface area (Å²) in [7, 11) is 0. The quantitative estimate of drug-likeness (QED) is 0.672. The number of nitrogens with zero attached hydrogens (tertiary/aromatic N) is 2. The van der Waals surface area contributed by atoms with Crippen molar-refractivity contribution in [3.05, 3.63) is 46.0 Å². The summed E-state index contributed by atoms with van der Waals surface area (Å²) >= 11 is 17.0. The lowest BCUT2D eigenvalue weighted by Crippen LogP contribution is -2.42. The number of nitrogens with one attached hydrogen (secondary N) is 1. The minimum absolute atomic E-state index is 0.128. The van der Waals surface area contributed by atoms with Crippen LogP contribution in [0.3, 0.4) is 0 Å². The Morgan fingerprint density at radius 3 is 2.74 bits per heavy atom. The van der Waals surface area contributed by atoms with Gasteiger partial charge in [-0.3, -0.25) is 5.10 Å². The predicted octanol–water partition coefficient (Wildman–Crippen LogP) is 4.26. The molecule has 3 atom stereocenters. The highest BCUT2D eigenvalue weighted by atomic mass is 35.5. The van der Waals surface area contributed by atoms with E-state index in [0.717, 1.165) is 0 Å². The maximum absolute atomic E-state index is 13.4. The van der Waals surface area contributed by atoms with Crippen LogP contribution in [0.1, 0.15) is 18.3 Å². The summed E-state index contributed by atoms with van der Waals surface area (Å²) in [6.07, 6.45) is -2.97. The van der Waals surface area contributed by atoms with Crippen molar-refractivity contribution in [1.29, 1.82) is 0 Å². The van der Waals surface area contributed by atoms with E-state index < -0.39 is 29.7 Å². The number of ether oxygens (including phenoxy) is 3. The van der Waals surface area contributed by atoms with E-state index in [1.165, 1.54) is 19.3 Å². The van der Waals surface area contributed by atoms with Crippen LogP contribution in [0, 0.1) is 0 Å². The average Bonchev–Trinajstić information content (AvgIpc) is 3.22. The number of hydrogen-bond acceptors (Lipinski definition) is 5. The van der Waals surface area contributed by atoms with Gasteiger partial charge in [0.25, 0.3) is 11.4 Å². The summed E-state index contributed by atoms with van der Waals surface area (Å²) in [4.78, 5) is 4.03. The minimum atomic E-state index is -4.19. The molecule has 1 N–H and O–H groups in total. The second-order valence-corrected chi connectivity index (χ2v) is 7.29. The number of hydrogen-bond donors (Lipinski definition) is 1. The third-order valence-corrected chi connectivity index (χ3v) is 4.61. The van der Waals surface area contributed by atoms with Gasteiger partial charge in [-0.25, -0.2) is 9.37 Å². The normalized spacial score (nSPS) is 27.1. The summed E-state index contributed by atoms with van der Waals surface area (Å²) < 4.78 is 55.6. The molecule has 6 nitrogen and oxygen atoms in total. The molecule has 1 aliphatic heterocycles. The Hall–Kier alpha value is -1.10. The van der Waals surface area contributed by atoms with Crippen LogP contribution in [0.25, 0.3) is 0 Å². The van der Waals surface area contributed by atoms with Gasteiger partial charge >= 0.3 is 6.11 Å². The van der Waals surface area contributed by atoms with Crippen molar-refractivity contribution < 1.29 is 27.4 Å². The SMILES string of the molecule is CC1(COC(F)(F)C(F)Cl)COC(c2ncn[nH]2)(c2ccc(Cl)cc2Cl)O1. The highest BCUT2D eigenvalue weighted by Crippen LogP contribution is 2.46. The molecular formula is C15H13Cl3F3N3O3. The predicted molar refractivity (Wildman–Crippen MR) is 90.7 cm³/mol. The van der Waals surface area contributed by atoms with Gasteiger partial charge in [-0.15, -0.1) is 0 Å². The van der Waals surface area contributed by atoms with Crippen molar-refractivity contribution in [3.63, 3.8) is 0 Å². The highest BCUT2D eigenvalue weighted by molar-refractivity contribution is 6.35. The van der Waals surface area contributed by atoms with Gasteiger partial charge in [0.15, 0.2) is 5.82 Å². The van der Waals surface area contributed by atoms with Gasteiger partial charge in [-0.2, -0.15) is 13.9 Å².